The summed E-state index contributed by atoms with van der Waals surface area (Å²) in [6.45, 7) is 14.6. The van der Waals surface area contributed by atoms with Gasteiger partial charge in [-0.1, -0.05) is 26.7 Å². The number of benzene rings is 1. The summed E-state index contributed by atoms with van der Waals surface area (Å²) >= 11 is 0. The Morgan fingerprint density at radius 1 is 1.20 bits per heavy atom. The highest BCUT2D eigenvalue weighted by molar-refractivity contribution is 5.97. The number of ether oxygens (including phenoxy) is 2. The molecule has 1 N–H and O–H groups in total. The fourth-order valence-corrected chi connectivity index (χ4v) is 2.84. The van der Waals surface area contributed by atoms with E-state index in [1.165, 1.54) is 0 Å². The van der Waals surface area contributed by atoms with E-state index in [1.807, 2.05) is 39.8 Å². The average molecular weight is 350 g/mol. The van der Waals surface area contributed by atoms with Gasteiger partial charge in [-0.05, 0) is 70.7 Å². The van der Waals surface area contributed by atoms with Gasteiger partial charge in [0.05, 0.1) is 6.10 Å². The van der Waals surface area contributed by atoms with Gasteiger partial charge in [0, 0.05) is 12.3 Å². The Bertz CT molecular complexity index is 547. The van der Waals surface area contributed by atoms with E-state index in [2.05, 4.69) is 26.1 Å². The molecule has 1 aromatic rings. The van der Waals surface area contributed by atoms with Gasteiger partial charge in [-0.3, -0.25) is 4.79 Å². The molecule has 0 heterocycles. The third kappa shape index (κ3) is 6.03. The van der Waals surface area contributed by atoms with Crippen LogP contribution in [0.4, 0.5) is 5.69 Å². The lowest BCUT2D eigenvalue weighted by molar-refractivity contribution is -0.139. The molecule has 0 aromatic heterocycles. The van der Waals surface area contributed by atoms with E-state index in [4.69, 9.17) is 9.47 Å². The Balaban J connectivity index is 2.96. The summed E-state index contributed by atoms with van der Waals surface area (Å²) in [5.41, 5.74) is 2.06. The number of hydrogen-bond acceptors (Lipinski definition) is 3. The van der Waals surface area contributed by atoms with Gasteiger partial charge in [-0.25, -0.2) is 0 Å². The summed E-state index contributed by atoms with van der Waals surface area (Å²) in [6, 6.07) is 3.93. The minimum absolute atomic E-state index is 0.0859. The molecule has 1 rings (SSSR count). The van der Waals surface area contributed by atoms with Crippen LogP contribution < -0.4 is 10.1 Å². The summed E-state index contributed by atoms with van der Waals surface area (Å²) in [6.07, 6.45) is 3.85. The molecular weight excluding hydrogens is 314 g/mol. The van der Waals surface area contributed by atoms with Gasteiger partial charge in [0.1, 0.15) is 11.4 Å². The predicted molar refractivity (Wildman–Crippen MR) is 104 cm³/mol. The molecule has 0 spiro atoms. The fourth-order valence-electron chi connectivity index (χ4n) is 2.84. The average Bonchev–Trinajstić information content (AvgIpc) is 2.56. The minimum atomic E-state index is -0.793. The molecule has 0 bridgehead atoms. The Hall–Kier alpha value is -1.55. The number of rotatable bonds is 10. The Labute approximate surface area is 153 Å². The quantitative estimate of drug-likeness (QED) is 0.615. The van der Waals surface area contributed by atoms with Crippen molar-refractivity contribution in [3.63, 3.8) is 0 Å². The van der Waals surface area contributed by atoms with Crippen LogP contribution in [-0.4, -0.2) is 24.2 Å². The number of carbonyl (C=O) groups is 1. The van der Waals surface area contributed by atoms with E-state index in [0.29, 0.717) is 6.61 Å². The van der Waals surface area contributed by atoms with Crippen LogP contribution >= 0.6 is 0 Å². The van der Waals surface area contributed by atoms with Crippen LogP contribution in [0.25, 0.3) is 0 Å². The Kier molecular flexibility index (Phi) is 8.43. The summed E-state index contributed by atoms with van der Waals surface area (Å²) in [5, 5.41) is 3.03. The topological polar surface area (TPSA) is 47.6 Å². The van der Waals surface area contributed by atoms with Crippen LogP contribution in [0.15, 0.2) is 12.1 Å². The third-order valence-electron chi connectivity index (χ3n) is 4.56. The molecule has 0 fully saturated rings. The molecule has 0 unspecified atom stereocenters. The Morgan fingerprint density at radius 2 is 1.80 bits per heavy atom. The maximum absolute atomic E-state index is 12.8. The molecule has 0 saturated carbocycles. The summed E-state index contributed by atoms with van der Waals surface area (Å²) in [7, 11) is 0. The number of carbonyl (C=O) groups excluding carboxylic acids is 1. The van der Waals surface area contributed by atoms with E-state index in [0.717, 1.165) is 48.2 Å². The molecule has 4 heteroatoms. The van der Waals surface area contributed by atoms with Crippen LogP contribution in [0.3, 0.4) is 0 Å². The lowest BCUT2D eigenvalue weighted by Crippen LogP contribution is -2.42. The van der Waals surface area contributed by atoms with Crippen LogP contribution in [0, 0.1) is 13.8 Å². The first-order chi connectivity index (χ1) is 11.8. The molecule has 0 aliphatic carbocycles. The summed E-state index contributed by atoms with van der Waals surface area (Å²) in [4.78, 5) is 12.8. The number of aryl methyl sites for hydroxylation is 2. The van der Waals surface area contributed by atoms with E-state index in [1.54, 1.807) is 0 Å². The van der Waals surface area contributed by atoms with E-state index in [9.17, 15) is 4.79 Å². The number of anilines is 1. The highest BCUT2D eigenvalue weighted by atomic mass is 16.5. The van der Waals surface area contributed by atoms with E-state index >= 15 is 0 Å². The standard InChI is InChI=1S/C21H35NO3/c1-8-11-12-21(7,24-10-3)20(23)22-18-13-15(4)19(16(5)14-18)25-17(6)9-2/h13-14,17H,8-12H2,1-7H3,(H,22,23)/t17-,21+/m0/s1. The van der Waals surface area contributed by atoms with Crippen LogP contribution in [0.1, 0.15) is 71.4 Å². The molecule has 4 nitrogen and oxygen atoms in total. The fraction of sp³-hybridized carbons (Fsp3) is 0.667. The van der Waals surface area contributed by atoms with Gasteiger partial charge in [0.15, 0.2) is 0 Å². The second-order valence-corrected chi connectivity index (χ2v) is 7.00. The van der Waals surface area contributed by atoms with Crippen molar-refractivity contribution in [1.29, 1.82) is 0 Å². The van der Waals surface area contributed by atoms with Gasteiger partial charge >= 0.3 is 0 Å². The summed E-state index contributed by atoms with van der Waals surface area (Å²) < 4.78 is 11.8. The molecule has 0 aliphatic heterocycles. The molecule has 142 valence electrons. The van der Waals surface area contributed by atoms with Crippen molar-refractivity contribution in [2.24, 2.45) is 0 Å². The molecule has 1 aromatic carbocycles. The van der Waals surface area contributed by atoms with Crippen molar-refractivity contribution < 1.29 is 14.3 Å². The molecule has 25 heavy (non-hydrogen) atoms. The molecule has 0 aliphatic rings. The lowest BCUT2D eigenvalue weighted by Gasteiger charge is -2.28. The monoisotopic (exact) mass is 349 g/mol. The zero-order chi connectivity index (χ0) is 19.0. The number of nitrogens with one attached hydrogen (secondary N) is 1. The molecule has 2 atom stereocenters. The van der Waals surface area contributed by atoms with E-state index in [-0.39, 0.29) is 12.0 Å². The van der Waals surface area contributed by atoms with Gasteiger partial charge in [-0.15, -0.1) is 0 Å². The largest absolute Gasteiger partial charge is 0.490 e. The first kappa shape index (κ1) is 21.5. The van der Waals surface area contributed by atoms with Crippen molar-refractivity contribution >= 4 is 11.6 Å². The second kappa shape index (κ2) is 9.81. The molecule has 0 radical (unpaired) electrons. The second-order valence-electron chi connectivity index (χ2n) is 7.00. The van der Waals surface area contributed by atoms with Crippen molar-refractivity contribution in [3.8, 4) is 5.75 Å². The zero-order valence-corrected chi connectivity index (χ0v) is 17.0. The van der Waals surface area contributed by atoms with Crippen molar-refractivity contribution in [1.82, 2.24) is 0 Å². The van der Waals surface area contributed by atoms with E-state index < -0.39 is 5.60 Å². The molecule has 1 amide bonds. The summed E-state index contributed by atoms with van der Waals surface area (Å²) in [5.74, 6) is 0.822. The first-order valence-corrected chi connectivity index (χ1v) is 9.50. The molecule has 0 saturated heterocycles. The highest BCUT2D eigenvalue weighted by Crippen LogP contribution is 2.29. The van der Waals surface area contributed by atoms with Gasteiger partial charge in [-0.2, -0.15) is 0 Å². The zero-order valence-electron chi connectivity index (χ0n) is 17.0. The highest BCUT2D eigenvalue weighted by Gasteiger charge is 2.33. The number of amides is 1. The smallest absolute Gasteiger partial charge is 0.256 e. The Morgan fingerprint density at radius 3 is 2.28 bits per heavy atom. The first-order valence-electron chi connectivity index (χ1n) is 9.50. The van der Waals surface area contributed by atoms with Gasteiger partial charge < -0.3 is 14.8 Å². The molecular formula is C21H35NO3. The van der Waals surface area contributed by atoms with Gasteiger partial charge in [0.2, 0.25) is 0 Å². The SMILES string of the molecule is CCCC[C@@](C)(OCC)C(=O)Nc1cc(C)c(O[C@@H](C)CC)c(C)c1. The third-order valence-corrected chi connectivity index (χ3v) is 4.56. The normalized spacial score (nSPS) is 14.7. The van der Waals surface area contributed by atoms with Crippen molar-refractivity contribution in [2.45, 2.75) is 85.9 Å². The maximum atomic E-state index is 12.8. The maximum Gasteiger partial charge on any atom is 0.256 e. The van der Waals surface area contributed by atoms with Crippen molar-refractivity contribution in [3.05, 3.63) is 23.3 Å². The predicted octanol–water partition coefficient (Wildman–Crippen LogP) is 5.40. The number of unbranched alkanes of at least 4 members (excludes halogenated alkanes) is 1. The van der Waals surface area contributed by atoms with Crippen LogP contribution in [0.5, 0.6) is 5.75 Å². The number of hydrogen-bond donors (Lipinski definition) is 1. The van der Waals surface area contributed by atoms with Crippen molar-refractivity contribution in [2.75, 3.05) is 11.9 Å². The van der Waals surface area contributed by atoms with Crippen LogP contribution in [-0.2, 0) is 9.53 Å². The minimum Gasteiger partial charge on any atom is -0.490 e. The van der Waals surface area contributed by atoms with Crippen LogP contribution in [0.2, 0.25) is 0 Å². The van der Waals surface area contributed by atoms with Gasteiger partial charge in [0.25, 0.3) is 5.91 Å². The lowest BCUT2D eigenvalue weighted by atomic mass is 9.97.